The van der Waals surface area contributed by atoms with Crippen LogP contribution in [0.25, 0.3) is 16.6 Å². The number of rotatable bonds is 5. The van der Waals surface area contributed by atoms with Crippen LogP contribution in [0.5, 0.6) is 0 Å². The molecule has 2 atom stereocenters. The van der Waals surface area contributed by atoms with Crippen molar-refractivity contribution < 1.29 is 9.18 Å². The molecule has 1 N–H and O–H groups in total. The van der Waals surface area contributed by atoms with Crippen LogP contribution in [0.1, 0.15) is 50.6 Å². The molecule has 1 fully saturated rings. The Morgan fingerprint density at radius 2 is 1.93 bits per heavy atom. The minimum Gasteiger partial charge on any atom is -0.350 e. The standard InChI is InChI=1S/C31H35FN8O2/c1-6-26(41)38-15-20(5)39(16-19(38)4)29-22-12-14-37(30-21-9-7-8-10-24(21)35-36-30)17-25(22)40(31(42)34-29)28-23(32)11-13-33-27(28)18(2)3/h6-11,13,18-20H,1,12,14-17H2,2-5H3,(H,35,36)/t19-,20+/m1/s1. The molecular weight excluding hydrogens is 535 g/mol. The highest BCUT2D eigenvalue weighted by Gasteiger charge is 2.36. The molecule has 2 aliphatic heterocycles. The third-order valence-electron chi connectivity index (χ3n) is 8.39. The summed E-state index contributed by atoms with van der Waals surface area (Å²) in [4.78, 5) is 41.6. The number of carbonyl (C=O) groups is 1. The number of hydrogen-bond acceptors (Lipinski definition) is 7. The quantitative estimate of drug-likeness (QED) is 0.363. The number of H-pyrrole nitrogens is 1. The summed E-state index contributed by atoms with van der Waals surface area (Å²) >= 11 is 0. The van der Waals surface area contributed by atoms with E-state index in [1.807, 2.05) is 52.0 Å². The van der Waals surface area contributed by atoms with Gasteiger partial charge in [-0.05, 0) is 50.5 Å². The third-order valence-corrected chi connectivity index (χ3v) is 8.39. The van der Waals surface area contributed by atoms with Crippen LogP contribution in [-0.2, 0) is 17.8 Å². The summed E-state index contributed by atoms with van der Waals surface area (Å²) in [6, 6.07) is 9.00. The van der Waals surface area contributed by atoms with Gasteiger partial charge in [-0.3, -0.25) is 19.4 Å². The van der Waals surface area contributed by atoms with E-state index in [-0.39, 0.29) is 29.6 Å². The van der Waals surface area contributed by atoms with Crippen LogP contribution in [-0.4, -0.2) is 67.3 Å². The first kappa shape index (κ1) is 27.6. The van der Waals surface area contributed by atoms with Gasteiger partial charge < -0.3 is 14.7 Å². The van der Waals surface area contributed by atoms with Crippen LogP contribution < -0.4 is 15.5 Å². The summed E-state index contributed by atoms with van der Waals surface area (Å²) in [6.07, 6.45) is 3.34. The number of amides is 1. The van der Waals surface area contributed by atoms with E-state index in [4.69, 9.17) is 0 Å². The molecule has 0 radical (unpaired) electrons. The molecule has 1 saturated heterocycles. The van der Waals surface area contributed by atoms with E-state index in [9.17, 15) is 9.59 Å². The number of pyridine rings is 1. The lowest BCUT2D eigenvalue weighted by Gasteiger charge is -2.45. The van der Waals surface area contributed by atoms with Gasteiger partial charge in [0.05, 0.1) is 23.4 Å². The van der Waals surface area contributed by atoms with Gasteiger partial charge in [0.2, 0.25) is 5.91 Å². The zero-order valence-corrected chi connectivity index (χ0v) is 24.3. The van der Waals surface area contributed by atoms with E-state index >= 15 is 4.39 Å². The smallest absolute Gasteiger partial charge is 0.350 e. The molecule has 10 nitrogen and oxygen atoms in total. The van der Waals surface area contributed by atoms with Gasteiger partial charge in [0.15, 0.2) is 11.6 Å². The Bertz CT molecular complexity index is 1740. The van der Waals surface area contributed by atoms with Crippen molar-refractivity contribution in [3.63, 3.8) is 0 Å². The number of nitrogens with one attached hydrogen (secondary N) is 1. The second-order valence-electron chi connectivity index (χ2n) is 11.5. The molecule has 1 aromatic carbocycles. The fourth-order valence-electron chi connectivity index (χ4n) is 6.29. The summed E-state index contributed by atoms with van der Waals surface area (Å²) in [7, 11) is 0. The van der Waals surface area contributed by atoms with Crippen LogP contribution in [0.4, 0.5) is 16.0 Å². The Hall–Kier alpha value is -4.54. The lowest BCUT2D eigenvalue weighted by Crippen LogP contribution is -2.58. The summed E-state index contributed by atoms with van der Waals surface area (Å²) in [5, 5.41) is 8.68. The average molecular weight is 571 g/mol. The number of benzene rings is 1. The number of anilines is 2. The lowest BCUT2D eigenvalue weighted by atomic mass is 10.00. The molecular formula is C31H35FN8O2. The molecule has 218 valence electrons. The first-order chi connectivity index (χ1) is 20.2. The number of aromatic amines is 1. The molecule has 5 heterocycles. The number of hydrogen-bond donors (Lipinski definition) is 1. The zero-order chi connectivity index (χ0) is 29.7. The molecule has 3 aromatic heterocycles. The molecule has 11 heteroatoms. The van der Waals surface area contributed by atoms with E-state index in [1.54, 1.807) is 4.90 Å². The molecule has 0 bridgehead atoms. The first-order valence-electron chi connectivity index (χ1n) is 14.4. The highest BCUT2D eigenvalue weighted by atomic mass is 19.1. The summed E-state index contributed by atoms with van der Waals surface area (Å²) in [5.74, 6) is 0.619. The second kappa shape index (κ2) is 10.7. The maximum absolute atomic E-state index is 15.6. The highest BCUT2D eigenvalue weighted by molar-refractivity contribution is 5.90. The second-order valence-corrected chi connectivity index (χ2v) is 11.5. The Balaban J connectivity index is 1.52. The van der Waals surface area contributed by atoms with Crippen molar-refractivity contribution in [3.05, 3.63) is 82.4 Å². The van der Waals surface area contributed by atoms with Gasteiger partial charge >= 0.3 is 5.69 Å². The Kier molecular flexibility index (Phi) is 7.04. The molecule has 0 unspecified atom stereocenters. The highest BCUT2D eigenvalue weighted by Crippen LogP contribution is 2.35. The van der Waals surface area contributed by atoms with Crippen LogP contribution in [0.3, 0.4) is 0 Å². The molecule has 6 rings (SSSR count). The number of piperazine rings is 1. The van der Waals surface area contributed by atoms with E-state index in [1.165, 1.54) is 22.9 Å². The third kappa shape index (κ3) is 4.53. The Labute approximate surface area is 243 Å². The van der Waals surface area contributed by atoms with Gasteiger partial charge in [0, 0.05) is 48.9 Å². The largest absolute Gasteiger partial charge is 0.354 e. The van der Waals surface area contributed by atoms with Crippen molar-refractivity contribution in [1.29, 1.82) is 0 Å². The number of carbonyl (C=O) groups excluding carboxylic acids is 1. The Morgan fingerprint density at radius 3 is 2.69 bits per heavy atom. The normalized spacial score (nSPS) is 19.0. The summed E-state index contributed by atoms with van der Waals surface area (Å²) in [5.41, 5.74) is 2.56. The van der Waals surface area contributed by atoms with E-state index in [0.717, 1.165) is 22.3 Å². The maximum atomic E-state index is 15.6. The molecule has 0 aliphatic carbocycles. The van der Waals surface area contributed by atoms with Crippen molar-refractivity contribution in [1.82, 2.24) is 29.6 Å². The monoisotopic (exact) mass is 570 g/mol. The minimum atomic E-state index is -0.560. The number of aromatic nitrogens is 5. The Morgan fingerprint density at radius 1 is 1.14 bits per heavy atom. The van der Waals surface area contributed by atoms with Crippen molar-refractivity contribution in [2.45, 2.75) is 58.7 Å². The fraction of sp³-hybridized carbons (Fsp3) is 0.387. The fourth-order valence-corrected chi connectivity index (χ4v) is 6.29. The molecule has 4 aromatic rings. The number of para-hydroxylation sites is 1. The van der Waals surface area contributed by atoms with Gasteiger partial charge in [-0.15, -0.1) is 0 Å². The summed E-state index contributed by atoms with van der Waals surface area (Å²) in [6.45, 7) is 13.5. The minimum absolute atomic E-state index is 0.0911. The number of fused-ring (bicyclic) bond motifs is 2. The number of halogens is 1. The van der Waals surface area contributed by atoms with E-state index in [2.05, 4.69) is 36.5 Å². The van der Waals surface area contributed by atoms with Gasteiger partial charge in [0.25, 0.3) is 0 Å². The van der Waals surface area contributed by atoms with Crippen LogP contribution >= 0.6 is 0 Å². The van der Waals surface area contributed by atoms with Crippen LogP contribution in [0, 0.1) is 5.82 Å². The van der Waals surface area contributed by atoms with Crippen LogP contribution in [0.2, 0.25) is 0 Å². The van der Waals surface area contributed by atoms with E-state index < -0.39 is 11.5 Å². The molecule has 0 saturated carbocycles. The van der Waals surface area contributed by atoms with Crippen molar-refractivity contribution in [2.24, 2.45) is 0 Å². The lowest BCUT2D eigenvalue weighted by molar-refractivity contribution is -0.128. The topological polar surface area (TPSA) is 103 Å². The van der Waals surface area contributed by atoms with Crippen molar-refractivity contribution in [3.8, 4) is 5.69 Å². The predicted octanol–water partition coefficient (Wildman–Crippen LogP) is 3.94. The molecule has 42 heavy (non-hydrogen) atoms. The first-order valence-corrected chi connectivity index (χ1v) is 14.4. The predicted molar refractivity (Wildman–Crippen MR) is 161 cm³/mol. The molecule has 2 aliphatic rings. The zero-order valence-electron chi connectivity index (χ0n) is 24.3. The van der Waals surface area contributed by atoms with Gasteiger partial charge in [0.1, 0.15) is 11.5 Å². The SMILES string of the molecule is C=CC(=O)N1C[C@H](C)N(c2nc(=O)n(-c3c(F)ccnc3C(C)C)c3c2CCN(c2n[nH]c4ccccc24)C3)C[C@H]1C. The van der Waals surface area contributed by atoms with Crippen molar-refractivity contribution in [2.75, 3.05) is 29.4 Å². The van der Waals surface area contributed by atoms with Gasteiger partial charge in [-0.2, -0.15) is 10.1 Å². The maximum Gasteiger partial charge on any atom is 0.354 e. The van der Waals surface area contributed by atoms with Crippen LogP contribution in [0.15, 0.2) is 54.0 Å². The van der Waals surface area contributed by atoms with Gasteiger partial charge in [-0.1, -0.05) is 32.6 Å². The van der Waals surface area contributed by atoms with Crippen molar-refractivity contribution >= 4 is 28.4 Å². The number of nitrogens with zero attached hydrogens (tertiary/aromatic N) is 7. The van der Waals surface area contributed by atoms with E-state index in [0.29, 0.717) is 49.8 Å². The van der Waals surface area contributed by atoms with Gasteiger partial charge in [-0.25, -0.2) is 9.18 Å². The average Bonchev–Trinajstić information content (AvgIpc) is 3.41. The molecule has 0 spiro atoms. The summed E-state index contributed by atoms with van der Waals surface area (Å²) < 4.78 is 17.1. The molecule has 1 amide bonds.